The molecule has 0 bridgehead atoms. The van der Waals surface area contributed by atoms with Gasteiger partial charge in [-0.1, -0.05) is 0 Å². The summed E-state index contributed by atoms with van der Waals surface area (Å²) in [4.78, 5) is 0. The van der Waals surface area contributed by atoms with Gasteiger partial charge in [0.25, 0.3) is 0 Å². The number of rotatable bonds is 3. The van der Waals surface area contributed by atoms with E-state index in [2.05, 4.69) is 53.7 Å². The summed E-state index contributed by atoms with van der Waals surface area (Å²) in [5, 5.41) is 0. The van der Waals surface area contributed by atoms with Gasteiger partial charge >= 0.3 is 74.4 Å². The zero-order chi connectivity index (χ0) is 9.02. The molecule has 0 saturated carbocycles. The van der Waals surface area contributed by atoms with Crippen molar-refractivity contribution < 1.29 is 0 Å². The maximum absolute atomic E-state index is 4.61. The number of hydrogen-bond donors (Lipinski definition) is 0. The van der Waals surface area contributed by atoms with Crippen LogP contribution in [0.5, 0.6) is 0 Å². The Morgan fingerprint density at radius 1 is 1.00 bits per heavy atom. The van der Waals surface area contributed by atoms with Crippen molar-refractivity contribution in [1.82, 2.24) is 7.71 Å². The van der Waals surface area contributed by atoms with E-state index in [4.69, 9.17) is 0 Å². The molecular weight excluding hydrogens is 199 g/mol. The first-order valence-electron chi connectivity index (χ1n) is 3.68. The Bertz CT molecular complexity index is 131. The molecule has 1 radical (unpaired) electrons. The predicted molar refractivity (Wildman–Crippen MR) is 51.9 cm³/mol. The summed E-state index contributed by atoms with van der Waals surface area (Å²) in [6.45, 7) is 4.11. The van der Waals surface area contributed by atoms with E-state index in [0.29, 0.717) is 0 Å². The molecule has 0 saturated heterocycles. The van der Waals surface area contributed by atoms with Crippen molar-refractivity contribution >= 4 is 20.7 Å². The predicted octanol–water partition coefficient (Wildman–Crippen LogP) is 0.575. The third kappa shape index (κ3) is 4.55. The molecule has 0 fully saturated rings. The first kappa shape index (κ1) is 11.1. The second kappa shape index (κ2) is 4.90. The first-order valence-corrected chi connectivity index (χ1v) is 6.50. The Labute approximate surface area is 74.9 Å². The van der Waals surface area contributed by atoms with Crippen LogP contribution in [-0.2, 0) is 0 Å². The van der Waals surface area contributed by atoms with E-state index in [1.165, 1.54) is 5.71 Å². The van der Waals surface area contributed by atoms with Crippen LogP contribution in [0.1, 0.15) is 13.8 Å². The fourth-order valence-electron chi connectivity index (χ4n) is 0.800. The van der Waals surface area contributed by atoms with E-state index in [1.807, 2.05) is 0 Å². The van der Waals surface area contributed by atoms with Crippen molar-refractivity contribution in [3.8, 4) is 0 Å². The molecule has 0 aromatic rings. The van der Waals surface area contributed by atoms with Crippen LogP contribution < -0.4 is 0 Å². The van der Waals surface area contributed by atoms with Crippen molar-refractivity contribution in [3.05, 3.63) is 0 Å². The minimum absolute atomic E-state index is 1.18. The Hall–Kier alpha value is 0.133. The molecule has 0 aliphatic carbocycles. The van der Waals surface area contributed by atoms with Crippen LogP contribution in [0.2, 0.25) is 0 Å². The van der Waals surface area contributed by atoms with E-state index in [9.17, 15) is 0 Å². The summed E-state index contributed by atoms with van der Waals surface area (Å²) in [5.74, 6) is 0. The van der Waals surface area contributed by atoms with Gasteiger partial charge in [0.05, 0.1) is 0 Å². The van der Waals surface area contributed by atoms with Crippen molar-refractivity contribution in [1.29, 1.82) is 0 Å². The molecule has 0 spiro atoms. The van der Waals surface area contributed by atoms with E-state index >= 15 is 0 Å². The quantitative estimate of drug-likeness (QED) is 0.508. The van der Waals surface area contributed by atoms with E-state index in [0.717, 1.165) is 0 Å². The van der Waals surface area contributed by atoms with Crippen LogP contribution in [0.3, 0.4) is 0 Å². The average molecular weight is 217 g/mol. The molecule has 0 aliphatic heterocycles. The van der Waals surface area contributed by atoms with Gasteiger partial charge in [-0.2, -0.15) is 0 Å². The normalized spacial score (nSPS) is 11.4. The SMILES string of the molecule is CC(C)=[N][Ge]([N](C)C)[N](C)C. The minimum atomic E-state index is -1.45. The second-order valence-corrected chi connectivity index (χ2v) is 8.63. The van der Waals surface area contributed by atoms with Crippen molar-refractivity contribution in [2.24, 2.45) is 3.95 Å². The van der Waals surface area contributed by atoms with Gasteiger partial charge in [0.15, 0.2) is 0 Å². The maximum atomic E-state index is 4.61. The van der Waals surface area contributed by atoms with Gasteiger partial charge in [-0.3, -0.25) is 0 Å². The summed E-state index contributed by atoms with van der Waals surface area (Å²) < 4.78 is 9.10. The molecule has 0 aromatic heterocycles. The van der Waals surface area contributed by atoms with Gasteiger partial charge in [0.2, 0.25) is 0 Å². The topological polar surface area (TPSA) is 18.8 Å². The fraction of sp³-hybridized carbons (Fsp3) is 0.857. The molecule has 0 N–H and O–H groups in total. The van der Waals surface area contributed by atoms with E-state index in [1.54, 1.807) is 0 Å². The van der Waals surface area contributed by atoms with Gasteiger partial charge < -0.3 is 0 Å². The summed E-state index contributed by atoms with van der Waals surface area (Å²) in [6, 6.07) is 0. The molecule has 0 heterocycles. The molecule has 0 aromatic carbocycles. The Morgan fingerprint density at radius 2 is 1.36 bits per heavy atom. The molecule has 4 heteroatoms. The molecule has 0 rings (SSSR count). The Kier molecular flexibility index (Phi) is 4.96. The fourth-order valence-corrected chi connectivity index (χ4v) is 4.16. The van der Waals surface area contributed by atoms with Crippen LogP contribution in [0.25, 0.3) is 0 Å². The van der Waals surface area contributed by atoms with Gasteiger partial charge in [0.1, 0.15) is 0 Å². The monoisotopic (exact) mass is 218 g/mol. The Morgan fingerprint density at radius 3 is 1.45 bits per heavy atom. The molecule has 65 valence electrons. The first-order chi connectivity index (χ1) is 4.95. The van der Waals surface area contributed by atoms with Crippen LogP contribution >= 0.6 is 0 Å². The van der Waals surface area contributed by atoms with Crippen molar-refractivity contribution in [3.63, 3.8) is 0 Å². The molecule has 0 amide bonds. The van der Waals surface area contributed by atoms with Crippen molar-refractivity contribution in [2.45, 2.75) is 13.8 Å². The summed E-state index contributed by atoms with van der Waals surface area (Å²) in [7, 11) is 8.40. The van der Waals surface area contributed by atoms with Gasteiger partial charge in [-0.15, -0.1) is 0 Å². The van der Waals surface area contributed by atoms with E-state index < -0.39 is 15.0 Å². The van der Waals surface area contributed by atoms with Crippen molar-refractivity contribution in [2.75, 3.05) is 28.2 Å². The van der Waals surface area contributed by atoms with Gasteiger partial charge in [-0.05, 0) is 0 Å². The molecule has 3 nitrogen and oxygen atoms in total. The average Bonchev–Trinajstić information content (AvgIpc) is 1.81. The molecule has 0 unspecified atom stereocenters. The van der Waals surface area contributed by atoms with E-state index in [-0.39, 0.29) is 0 Å². The molecular formula is C7H18GeN3. The van der Waals surface area contributed by atoms with Gasteiger partial charge in [-0.25, -0.2) is 0 Å². The molecule has 11 heavy (non-hydrogen) atoms. The number of nitrogens with zero attached hydrogens (tertiary/aromatic N) is 3. The third-order valence-electron chi connectivity index (χ3n) is 1.12. The summed E-state index contributed by atoms with van der Waals surface area (Å²) in [6.07, 6.45) is 0. The van der Waals surface area contributed by atoms with Crippen LogP contribution in [0.15, 0.2) is 3.95 Å². The zero-order valence-electron chi connectivity index (χ0n) is 8.34. The molecule has 0 atom stereocenters. The van der Waals surface area contributed by atoms with Gasteiger partial charge in [0, 0.05) is 0 Å². The second-order valence-electron chi connectivity index (χ2n) is 3.15. The third-order valence-corrected chi connectivity index (χ3v) is 5.84. The molecule has 0 aliphatic rings. The zero-order valence-corrected chi connectivity index (χ0v) is 10.4. The summed E-state index contributed by atoms with van der Waals surface area (Å²) in [5.41, 5.74) is 1.18. The van der Waals surface area contributed by atoms with Crippen LogP contribution in [0, 0.1) is 0 Å². The Balaban J connectivity index is 4.24. The van der Waals surface area contributed by atoms with Crippen LogP contribution in [0.4, 0.5) is 0 Å². The summed E-state index contributed by atoms with van der Waals surface area (Å²) >= 11 is -1.45. The number of hydrogen-bond acceptors (Lipinski definition) is 3. The standard InChI is InChI=1S/C7H18GeN3/c1-7(2)9-8(10(3)4)11(5)6/h1-6H3. The van der Waals surface area contributed by atoms with Crippen LogP contribution in [-0.4, -0.2) is 56.6 Å².